The molecular formula is C18H25Cl2N5S. The summed E-state index contributed by atoms with van der Waals surface area (Å²) in [6.07, 6.45) is 1.03. The lowest BCUT2D eigenvalue weighted by molar-refractivity contribution is 0.400. The zero-order valence-corrected chi connectivity index (χ0v) is 17.9. The van der Waals surface area contributed by atoms with E-state index in [9.17, 15) is 0 Å². The van der Waals surface area contributed by atoms with Gasteiger partial charge in [-0.05, 0) is 70.8 Å². The molecule has 0 saturated carbocycles. The van der Waals surface area contributed by atoms with Gasteiger partial charge in [0.2, 0.25) is 0 Å². The lowest BCUT2D eigenvalue weighted by Crippen LogP contribution is -2.31. The fraction of sp³-hybridized carbons (Fsp3) is 0.444. The van der Waals surface area contributed by atoms with Crippen molar-refractivity contribution in [2.75, 3.05) is 32.5 Å². The Labute approximate surface area is 170 Å². The molecule has 0 aliphatic heterocycles. The molecule has 0 radical (unpaired) electrons. The molecule has 0 amide bonds. The van der Waals surface area contributed by atoms with Gasteiger partial charge >= 0.3 is 0 Å². The maximum atomic E-state index is 6.10. The summed E-state index contributed by atoms with van der Waals surface area (Å²) in [6.45, 7) is 6.47. The minimum Gasteiger partial charge on any atom is -0.362 e. The zero-order chi connectivity index (χ0) is 19.3. The fourth-order valence-electron chi connectivity index (χ4n) is 2.60. The number of halogens is 2. The molecule has 1 aromatic heterocycles. The van der Waals surface area contributed by atoms with Crippen molar-refractivity contribution in [2.24, 2.45) is 0 Å². The number of hydrogen-bond acceptors (Lipinski definition) is 3. The van der Waals surface area contributed by atoms with E-state index < -0.39 is 0 Å². The Balaban J connectivity index is 2.00. The topological polar surface area (TPSA) is 45.1 Å². The predicted octanol–water partition coefficient (Wildman–Crippen LogP) is 4.09. The van der Waals surface area contributed by atoms with Crippen LogP contribution in [0.4, 0.5) is 5.69 Å². The molecule has 2 N–H and O–H groups in total. The number of thiocarbonyl (C=S) groups is 1. The van der Waals surface area contributed by atoms with Gasteiger partial charge < -0.3 is 15.5 Å². The minimum absolute atomic E-state index is 0.548. The Morgan fingerprint density at radius 3 is 2.62 bits per heavy atom. The molecule has 0 saturated heterocycles. The van der Waals surface area contributed by atoms with E-state index in [2.05, 4.69) is 34.7 Å². The quantitative estimate of drug-likeness (QED) is 0.528. The third-order valence-corrected chi connectivity index (χ3v) is 4.99. The van der Waals surface area contributed by atoms with E-state index in [1.54, 1.807) is 6.07 Å². The molecule has 1 aromatic carbocycles. The van der Waals surface area contributed by atoms with Gasteiger partial charge in [-0.15, -0.1) is 0 Å². The van der Waals surface area contributed by atoms with Gasteiger partial charge in [-0.25, -0.2) is 0 Å². The van der Waals surface area contributed by atoms with Crippen molar-refractivity contribution in [1.82, 2.24) is 20.0 Å². The standard InChI is InChI=1S/C18H25Cl2N5S/c1-12-17(22-18(26)21-8-5-9-24(3)4)13(2)25(23-12)11-14-6-7-15(19)16(20)10-14/h6-7,10H,5,8-9,11H2,1-4H3,(H2,21,22,26). The molecule has 142 valence electrons. The number of nitrogens with zero attached hydrogens (tertiary/aromatic N) is 3. The Morgan fingerprint density at radius 2 is 1.96 bits per heavy atom. The van der Waals surface area contributed by atoms with Crippen LogP contribution in [-0.2, 0) is 6.54 Å². The minimum atomic E-state index is 0.548. The smallest absolute Gasteiger partial charge is 0.170 e. The van der Waals surface area contributed by atoms with Crippen LogP contribution in [-0.4, -0.2) is 47.0 Å². The van der Waals surface area contributed by atoms with E-state index in [4.69, 9.17) is 35.4 Å². The van der Waals surface area contributed by atoms with Crippen LogP contribution in [0.25, 0.3) is 0 Å². The summed E-state index contributed by atoms with van der Waals surface area (Å²) >= 11 is 17.5. The highest BCUT2D eigenvalue weighted by Crippen LogP contribution is 2.25. The van der Waals surface area contributed by atoms with E-state index in [-0.39, 0.29) is 0 Å². The molecule has 0 aliphatic carbocycles. The van der Waals surface area contributed by atoms with Crippen LogP contribution in [0.5, 0.6) is 0 Å². The highest BCUT2D eigenvalue weighted by Gasteiger charge is 2.13. The van der Waals surface area contributed by atoms with Crippen LogP contribution in [0.3, 0.4) is 0 Å². The van der Waals surface area contributed by atoms with Crippen LogP contribution < -0.4 is 10.6 Å². The Bertz CT molecular complexity index is 773. The largest absolute Gasteiger partial charge is 0.362 e. The number of aryl methyl sites for hydroxylation is 1. The second-order valence-corrected chi connectivity index (χ2v) is 7.71. The molecule has 5 nitrogen and oxygen atoms in total. The Hall–Kier alpha value is -1.34. The normalized spacial score (nSPS) is 11.0. The van der Waals surface area contributed by atoms with Crippen LogP contribution in [0.2, 0.25) is 10.0 Å². The van der Waals surface area contributed by atoms with Crippen molar-refractivity contribution in [2.45, 2.75) is 26.8 Å². The molecule has 0 atom stereocenters. The summed E-state index contributed by atoms with van der Waals surface area (Å²) in [4.78, 5) is 2.15. The molecular weight excluding hydrogens is 389 g/mol. The maximum Gasteiger partial charge on any atom is 0.170 e. The first-order valence-electron chi connectivity index (χ1n) is 8.45. The molecule has 2 rings (SSSR count). The molecule has 2 aromatic rings. The summed E-state index contributed by atoms with van der Waals surface area (Å²) in [5.41, 5.74) is 3.90. The first kappa shape index (κ1) is 21.0. The van der Waals surface area contributed by atoms with Crippen LogP contribution >= 0.6 is 35.4 Å². The summed E-state index contributed by atoms with van der Waals surface area (Å²) in [7, 11) is 4.12. The van der Waals surface area contributed by atoms with Crippen LogP contribution in [0.1, 0.15) is 23.4 Å². The van der Waals surface area contributed by atoms with E-state index in [1.165, 1.54) is 0 Å². The first-order valence-corrected chi connectivity index (χ1v) is 9.62. The molecule has 0 bridgehead atoms. The second-order valence-electron chi connectivity index (χ2n) is 6.49. The van der Waals surface area contributed by atoms with Crippen LogP contribution in [0.15, 0.2) is 18.2 Å². The maximum absolute atomic E-state index is 6.10. The number of aromatic nitrogens is 2. The summed E-state index contributed by atoms with van der Waals surface area (Å²) in [5, 5.41) is 12.8. The molecule has 1 heterocycles. The molecule has 0 fully saturated rings. The molecule has 26 heavy (non-hydrogen) atoms. The second kappa shape index (κ2) is 9.55. The highest BCUT2D eigenvalue weighted by atomic mass is 35.5. The predicted molar refractivity (Wildman–Crippen MR) is 115 cm³/mol. The summed E-state index contributed by atoms with van der Waals surface area (Å²) in [5.74, 6) is 0. The van der Waals surface area contributed by atoms with Gasteiger partial charge in [-0.2, -0.15) is 5.10 Å². The summed E-state index contributed by atoms with van der Waals surface area (Å²) < 4.78 is 1.94. The molecule has 0 spiro atoms. The lowest BCUT2D eigenvalue weighted by atomic mass is 10.2. The number of benzene rings is 1. The number of anilines is 1. The van der Waals surface area contributed by atoms with Gasteiger partial charge in [0, 0.05) is 6.54 Å². The Morgan fingerprint density at radius 1 is 1.23 bits per heavy atom. The third-order valence-electron chi connectivity index (χ3n) is 4.00. The van der Waals surface area contributed by atoms with Gasteiger partial charge in [0.05, 0.1) is 33.7 Å². The number of rotatable bonds is 7. The van der Waals surface area contributed by atoms with Gasteiger partial charge in [0.1, 0.15) is 0 Å². The van der Waals surface area contributed by atoms with Crippen molar-refractivity contribution in [3.05, 3.63) is 45.2 Å². The van der Waals surface area contributed by atoms with E-state index >= 15 is 0 Å². The zero-order valence-electron chi connectivity index (χ0n) is 15.6. The summed E-state index contributed by atoms with van der Waals surface area (Å²) in [6, 6.07) is 5.62. The third kappa shape index (κ3) is 5.84. The van der Waals surface area contributed by atoms with Gasteiger partial charge in [-0.3, -0.25) is 4.68 Å². The van der Waals surface area contributed by atoms with Crippen molar-refractivity contribution < 1.29 is 0 Å². The average Bonchev–Trinajstić information content (AvgIpc) is 2.82. The van der Waals surface area contributed by atoms with E-state index in [1.807, 2.05) is 30.7 Å². The average molecular weight is 414 g/mol. The van der Waals surface area contributed by atoms with Crippen molar-refractivity contribution in [1.29, 1.82) is 0 Å². The van der Waals surface area contributed by atoms with Gasteiger partial charge in [0.15, 0.2) is 5.11 Å². The molecule has 8 heteroatoms. The van der Waals surface area contributed by atoms with Gasteiger partial charge in [-0.1, -0.05) is 29.3 Å². The molecule has 0 unspecified atom stereocenters. The van der Waals surface area contributed by atoms with Crippen molar-refractivity contribution in [3.8, 4) is 0 Å². The molecule has 0 aliphatic rings. The number of nitrogens with one attached hydrogen (secondary N) is 2. The highest BCUT2D eigenvalue weighted by molar-refractivity contribution is 7.80. The fourth-order valence-corrected chi connectivity index (χ4v) is 3.12. The van der Waals surface area contributed by atoms with Crippen molar-refractivity contribution in [3.63, 3.8) is 0 Å². The van der Waals surface area contributed by atoms with E-state index in [0.29, 0.717) is 21.7 Å². The monoisotopic (exact) mass is 413 g/mol. The lowest BCUT2D eigenvalue weighted by Gasteiger charge is -2.13. The van der Waals surface area contributed by atoms with Crippen LogP contribution in [0, 0.1) is 13.8 Å². The number of hydrogen-bond donors (Lipinski definition) is 2. The van der Waals surface area contributed by atoms with Crippen molar-refractivity contribution >= 4 is 46.2 Å². The Kier molecular flexibility index (Phi) is 7.70. The first-order chi connectivity index (χ1) is 12.3. The SMILES string of the molecule is Cc1nn(Cc2ccc(Cl)c(Cl)c2)c(C)c1NC(=S)NCCCN(C)C. The van der Waals surface area contributed by atoms with E-state index in [0.717, 1.165) is 42.1 Å². The van der Waals surface area contributed by atoms with Gasteiger partial charge in [0.25, 0.3) is 0 Å².